The van der Waals surface area contributed by atoms with E-state index in [1.807, 2.05) is 73.1 Å². The van der Waals surface area contributed by atoms with E-state index in [0.29, 0.717) is 5.75 Å². The molecule has 1 aromatic heterocycles. The van der Waals surface area contributed by atoms with Gasteiger partial charge in [-0.15, -0.1) is 0 Å². The number of carbonyl (C=O) groups excluding carboxylic acids is 1. The van der Waals surface area contributed by atoms with E-state index in [9.17, 15) is 4.79 Å². The molecule has 1 N–H and O–H groups in total. The third-order valence-corrected chi connectivity index (χ3v) is 4.46. The zero-order valence-corrected chi connectivity index (χ0v) is 16.1. The Morgan fingerprint density at radius 1 is 1.12 bits per heavy atom. The number of halogens is 1. The van der Waals surface area contributed by atoms with Crippen molar-refractivity contribution >= 4 is 34.2 Å². The molecule has 0 aliphatic rings. The summed E-state index contributed by atoms with van der Waals surface area (Å²) >= 11 is 2.22. The maximum absolute atomic E-state index is 12.2. The number of aromatic nitrogens is 2. The Bertz CT molecular complexity index is 874. The van der Waals surface area contributed by atoms with Crippen molar-refractivity contribution in [1.82, 2.24) is 9.78 Å². The second-order valence-electron chi connectivity index (χ2n) is 5.58. The Morgan fingerprint density at radius 3 is 2.48 bits per heavy atom. The van der Waals surface area contributed by atoms with Crippen LogP contribution in [-0.2, 0) is 4.79 Å². The fourth-order valence-corrected chi connectivity index (χ4v) is 2.86. The van der Waals surface area contributed by atoms with Gasteiger partial charge in [-0.3, -0.25) is 4.79 Å². The largest absolute Gasteiger partial charge is 0.484 e. The molecule has 0 saturated heterocycles. The average molecular weight is 447 g/mol. The number of ether oxygens (including phenoxy) is 1. The summed E-state index contributed by atoms with van der Waals surface area (Å²) < 4.78 is 8.47. The van der Waals surface area contributed by atoms with Gasteiger partial charge in [-0.2, -0.15) is 5.10 Å². The van der Waals surface area contributed by atoms with Crippen LogP contribution in [0.4, 0.5) is 5.69 Å². The van der Waals surface area contributed by atoms with Crippen LogP contribution >= 0.6 is 22.6 Å². The van der Waals surface area contributed by atoms with Crippen LogP contribution in [0.15, 0.2) is 54.6 Å². The summed E-state index contributed by atoms with van der Waals surface area (Å²) in [5.74, 6) is 0.460. The third kappa shape index (κ3) is 4.19. The number of para-hydroxylation sites is 1. The van der Waals surface area contributed by atoms with Crippen LogP contribution in [0.25, 0.3) is 5.69 Å². The molecule has 0 saturated carbocycles. The summed E-state index contributed by atoms with van der Waals surface area (Å²) in [4.78, 5) is 12.2. The standard InChI is InChI=1S/C19H18IN3O2/c1-13-19(14(2)23(22-13)16-6-4-3-5-7-16)21-18(24)12-25-17-10-8-15(20)9-11-17/h3-11H,12H2,1-2H3,(H,21,24). The molecule has 6 heteroatoms. The molecule has 1 amide bonds. The molecule has 0 radical (unpaired) electrons. The number of nitrogens with zero attached hydrogens (tertiary/aromatic N) is 2. The number of amides is 1. The minimum atomic E-state index is -0.211. The number of aryl methyl sites for hydroxylation is 1. The normalized spacial score (nSPS) is 10.5. The number of hydrogen-bond acceptors (Lipinski definition) is 3. The molecule has 2 aromatic carbocycles. The van der Waals surface area contributed by atoms with E-state index in [4.69, 9.17) is 4.74 Å². The van der Waals surface area contributed by atoms with Gasteiger partial charge in [0.2, 0.25) is 0 Å². The van der Waals surface area contributed by atoms with Gasteiger partial charge in [0.15, 0.2) is 6.61 Å². The predicted molar refractivity (Wildman–Crippen MR) is 106 cm³/mol. The molecule has 1 heterocycles. The first-order chi connectivity index (χ1) is 12.0. The zero-order chi connectivity index (χ0) is 17.8. The zero-order valence-electron chi connectivity index (χ0n) is 14.0. The highest BCUT2D eigenvalue weighted by Crippen LogP contribution is 2.22. The van der Waals surface area contributed by atoms with E-state index >= 15 is 0 Å². The highest BCUT2D eigenvalue weighted by atomic mass is 127. The Morgan fingerprint density at radius 2 is 1.80 bits per heavy atom. The Labute approximate surface area is 160 Å². The van der Waals surface area contributed by atoms with Crippen molar-refractivity contribution in [3.63, 3.8) is 0 Å². The van der Waals surface area contributed by atoms with Crippen LogP contribution < -0.4 is 10.1 Å². The summed E-state index contributed by atoms with van der Waals surface area (Å²) in [6.07, 6.45) is 0. The fourth-order valence-electron chi connectivity index (χ4n) is 2.50. The first-order valence-corrected chi connectivity index (χ1v) is 8.92. The van der Waals surface area contributed by atoms with Crippen molar-refractivity contribution in [3.8, 4) is 11.4 Å². The van der Waals surface area contributed by atoms with Gasteiger partial charge in [0.25, 0.3) is 5.91 Å². The van der Waals surface area contributed by atoms with Gasteiger partial charge in [0.1, 0.15) is 5.75 Å². The second kappa shape index (κ2) is 7.69. The Balaban J connectivity index is 1.69. The molecular formula is C19H18IN3O2. The van der Waals surface area contributed by atoms with Crippen LogP contribution in [0.3, 0.4) is 0 Å². The van der Waals surface area contributed by atoms with Crippen LogP contribution in [0.1, 0.15) is 11.4 Å². The van der Waals surface area contributed by atoms with E-state index in [-0.39, 0.29) is 12.5 Å². The van der Waals surface area contributed by atoms with E-state index < -0.39 is 0 Å². The molecule has 3 aromatic rings. The molecule has 0 unspecified atom stereocenters. The fraction of sp³-hybridized carbons (Fsp3) is 0.158. The number of benzene rings is 2. The summed E-state index contributed by atoms with van der Waals surface area (Å²) in [6.45, 7) is 3.76. The smallest absolute Gasteiger partial charge is 0.262 e. The van der Waals surface area contributed by atoms with Crippen molar-refractivity contribution in [2.45, 2.75) is 13.8 Å². The quantitative estimate of drug-likeness (QED) is 0.599. The van der Waals surface area contributed by atoms with Crippen molar-refractivity contribution in [1.29, 1.82) is 0 Å². The Kier molecular flexibility index (Phi) is 5.37. The predicted octanol–water partition coefficient (Wildman–Crippen LogP) is 4.11. The van der Waals surface area contributed by atoms with E-state index in [1.165, 1.54) is 0 Å². The van der Waals surface area contributed by atoms with E-state index in [2.05, 4.69) is 33.0 Å². The molecule has 25 heavy (non-hydrogen) atoms. The van der Waals surface area contributed by atoms with Crippen LogP contribution in [-0.4, -0.2) is 22.3 Å². The maximum Gasteiger partial charge on any atom is 0.262 e. The topological polar surface area (TPSA) is 56.2 Å². The van der Waals surface area contributed by atoms with Gasteiger partial charge in [0, 0.05) is 3.57 Å². The maximum atomic E-state index is 12.2. The first kappa shape index (κ1) is 17.5. The lowest BCUT2D eigenvalue weighted by Crippen LogP contribution is -2.20. The van der Waals surface area contributed by atoms with Crippen molar-refractivity contribution in [2.75, 3.05) is 11.9 Å². The minimum absolute atomic E-state index is 0.0456. The van der Waals surface area contributed by atoms with E-state index in [1.54, 1.807) is 0 Å². The van der Waals surface area contributed by atoms with E-state index in [0.717, 1.165) is 26.3 Å². The molecule has 0 fully saturated rings. The number of carbonyl (C=O) groups is 1. The lowest BCUT2D eigenvalue weighted by atomic mass is 10.3. The molecule has 3 rings (SSSR count). The summed E-state index contributed by atoms with van der Waals surface area (Å²) in [7, 11) is 0. The van der Waals surface area contributed by atoms with Gasteiger partial charge in [-0.05, 0) is 72.8 Å². The van der Waals surface area contributed by atoms with Crippen molar-refractivity contribution in [3.05, 3.63) is 69.6 Å². The molecular weight excluding hydrogens is 429 g/mol. The average Bonchev–Trinajstić information content (AvgIpc) is 2.90. The van der Waals surface area contributed by atoms with Gasteiger partial charge in [0.05, 0.1) is 22.8 Å². The van der Waals surface area contributed by atoms with Crippen LogP contribution in [0.5, 0.6) is 5.75 Å². The molecule has 0 spiro atoms. The molecule has 128 valence electrons. The first-order valence-electron chi connectivity index (χ1n) is 7.84. The van der Waals surface area contributed by atoms with Crippen molar-refractivity contribution < 1.29 is 9.53 Å². The van der Waals surface area contributed by atoms with Gasteiger partial charge >= 0.3 is 0 Å². The number of rotatable bonds is 5. The summed E-state index contributed by atoms with van der Waals surface area (Å²) in [5.41, 5.74) is 3.33. The lowest BCUT2D eigenvalue weighted by molar-refractivity contribution is -0.118. The number of nitrogens with one attached hydrogen (secondary N) is 1. The second-order valence-corrected chi connectivity index (χ2v) is 6.83. The third-order valence-electron chi connectivity index (χ3n) is 3.74. The SMILES string of the molecule is Cc1nn(-c2ccccc2)c(C)c1NC(=O)COc1ccc(I)cc1. The molecule has 0 aliphatic heterocycles. The van der Waals surface area contributed by atoms with Crippen LogP contribution in [0.2, 0.25) is 0 Å². The Hall–Kier alpha value is -2.35. The molecule has 5 nitrogen and oxygen atoms in total. The van der Waals surface area contributed by atoms with Crippen LogP contribution in [0, 0.1) is 17.4 Å². The highest BCUT2D eigenvalue weighted by molar-refractivity contribution is 14.1. The van der Waals surface area contributed by atoms with Crippen molar-refractivity contribution in [2.24, 2.45) is 0 Å². The van der Waals surface area contributed by atoms with Gasteiger partial charge in [-0.1, -0.05) is 18.2 Å². The molecule has 0 aliphatic carbocycles. The summed E-state index contributed by atoms with van der Waals surface area (Å²) in [6, 6.07) is 17.4. The lowest BCUT2D eigenvalue weighted by Gasteiger charge is -2.08. The molecule has 0 bridgehead atoms. The number of hydrogen-bond donors (Lipinski definition) is 1. The minimum Gasteiger partial charge on any atom is -0.484 e. The molecule has 0 atom stereocenters. The van der Waals surface area contributed by atoms with Gasteiger partial charge < -0.3 is 10.1 Å². The van der Waals surface area contributed by atoms with Gasteiger partial charge in [-0.25, -0.2) is 4.68 Å². The number of anilines is 1. The highest BCUT2D eigenvalue weighted by Gasteiger charge is 2.15. The monoisotopic (exact) mass is 447 g/mol. The summed E-state index contributed by atoms with van der Waals surface area (Å²) in [5, 5.41) is 7.42.